The minimum Gasteiger partial charge on any atom is -0.336 e. The molecule has 34 heavy (non-hydrogen) atoms. The average Bonchev–Trinajstić information content (AvgIpc) is 3.28. The maximum Gasteiger partial charge on any atom is 0.270 e. The number of rotatable bonds is 4. The van der Waals surface area contributed by atoms with E-state index in [0.717, 1.165) is 27.2 Å². The number of halogens is 2. The monoisotopic (exact) mass is 534 g/mol. The third-order valence-corrected chi connectivity index (χ3v) is 9.09. The minimum absolute atomic E-state index is 0. The topological polar surface area (TPSA) is 83.5 Å². The summed E-state index contributed by atoms with van der Waals surface area (Å²) in [5.74, 6) is -0.108. The van der Waals surface area contributed by atoms with Crippen molar-refractivity contribution < 1.29 is 13.2 Å². The van der Waals surface area contributed by atoms with Gasteiger partial charge in [-0.25, -0.2) is 13.4 Å². The van der Waals surface area contributed by atoms with Gasteiger partial charge in [0.25, 0.3) is 15.9 Å². The van der Waals surface area contributed by atoms with Crippen molar-refractivity contribution in [2.24, 2.45) is 0 Å². The highest BCUT2D eigenvalue weighted by Crippen LogP contribution is 2.30. The van der Waals surface area contributed by atoms with Crippen LogP contribution in [-0.4, -0.2) is 59.7 Å². The number of hydrogen-bond donors (Lipinski definition) is 0. The number of fused-ring (bicyclic) bond motifs is 1. The third kappa shape index (κ3) is 4.80. The molecular formula is C23H20Cl2N4O3S2. The van der Waals surface area contributed by atoms with Crippen LogP contribution in [0.1, 0.15) is 10.4 Å². The van der Waals surface area contributed by atoms with Gasteiger partial charge in [0.05, 0.1) is 10.2 Å². The molecule has 0 N–H and O–H groups in total. The Balaban J connectivity index is 0.00000274. The molecule has 0 aliphatic carbocycles. The van der Waals surface area contributed by atoms with Gasteiger partial charge in [-0.3, -0.25) is 9.78 Å². The van der Waals surface area contributed by atoms with Crippen LogP contribution in [0, 0.1) is 0 Å². The lowest BCUT2D eigenvalue weighted by molar-refractivity contribution is 0.0698. The zero-order valence-electron chi connectivity index (χ0n) is 17.8. The summed E-state index contributed by atoms with van der Waals surface area (Å²) in [5, 5.41) is 0.512. The Bertz CT molecular complexity index is 1420. The Morgan fingerprint density at radius 1 is 0.912 bits per heavy atom. The number of benzene rings is 2. The Morgan fingerprint density at radius 2 is 1.56 bits per heavy atom. The molecule has 1 aliphatic heterocycles. The van der Waals surface area contributed by atoms with E-state index in [2.05, 4.69) is 9.97 Å². The zero-order chi connectivity index (χ0) is 23.0. The molecule has 0 bridgehead atoms. The van der Waals surface area contributed by atoms with E-state index in [9.17, 15) is 13.2 Å². The molecule has 1 aliphatic rings. The van der Waals surface area contributed by atoms with Crippen LogP contribution in [0.2, 0.25) is 5.02 Å². The van der Waals surface area contributed by atoms with Crippen molar-refractivity contribution in [3.63, 3.8) is 0 Å². The molecule has 0 saturated carbocycles. The van der Waals surface area contributed by atoms with Crippen molar-refractivity contribution in [1.29, 1.82) is 0 Å². The lowest BCUT2D eigenvalue weighted by Crippen LogP contribution is -2.50. The number of sulfonamides is 1. The van der Waals surface area contributed by atoms with E-state index in [-0.39, 0.29) is 35.7 Å². The van der Waals surface area contributed by atoms with Crippen LogP contribution in [0.4, 0.5) is 0 Å². The van der Waals surface area contributed by atoms with Gasteiger partial charge in [-0.2, -0.15) is 4.31 Å². The van der Waals surface area contributed by atoms with Gasteiger partial charge in [-0.1, -0.05) is 23.7 Å². The van der Waals surface area contributed by atoms with E-state index in [4.69, 9.17) is 11.6 Å². The Morgan fingerprint density at radius 3 is 2.24 bits per heavy atom. The predicted molar refractivity (Wildman–Crippen MR) is 136 cm³/mol. The van der Waals surface area contributed by atoms with Gasteiger partial charge in [-0.05, 0) is 53.6 Å². The molecule has 1 saturated heterocycles. The third-order valence-electron chi connectivity index (χ3n) is 5.56. The van der Waals surface area contributed by atoms with E-state index < -0.39 is 10.0 Å². The molecule has 4 aromatic rings. The molecule has 5 rings (SSSR count). The smallest absolute Gasteiger partial charge is 0.270 e. The van der Waals surface area contributed by atoms with Crippen LogP contribution in [-0.2, 0) is 10.0 Å². The van der Waals surface area contributed by atoms with Crippen molar-refractivity contribution in [1.82, 2.24) is 19.2 Å². The fraction of sp³-hybridized carbons (Fsp3) is 0.174. The zero-order valence-corrected chi connectivity index (χ0v) is 21.0. The summed E-state index contributed by atoms with van der Waals surface area (Å²) in [6.07, 6.45) is 3.46. The van der Waals surface area contributed by atoms with Crippen LogP contribution in [0.3, 0.4) is 0 Å². The quantitative estimate of drug-likeness (QED) is 0.382. The fourth-order valence-corrected chi connectivity index (χ4v) is 6.69. The van der Waals surface area contributed by atoms with Gasteiger partial charge in [0.15, 0.2) is 0 Å². The van der Waals surface area contributed by atoms with Gasteiger partial charge in [0, 0.05) is 49.2 Å². The summed E-state index contributed by atoms with van der Waals surface area (Å²) >= 11 is 7.12. The number of carbonyl (C=O) groups excluding carboxylic acids is 1. The fourth-order valence-electron chi connectivity index (χ4n) is 3.76. The Labute approximate surface area is 212 Å². The molecule has 0 atom stereocenters. The van der Waals surface area contributed by atoms with E-state index in [1.165, 1.54) is 4.31 Å². The second-order valence-electron chi connectivity index (χ2n) is 7.60. The highest BCUT2D eigenvalue weighted by Gasteiger charge is 2.32. The highest BCUT2D eigenvalue weighted by atomic mass is 35.5. The second-order valence-corrected chi connectivity index (χ2v) is 11.2. The summed E-state index contributed by atoms with van der Waals surface area (Å²) in [7, 11) is -3.73. The number of pyridine rings is 1. The summed E-state index contributed by atoms with van der Waals surface area (Å²) in [4.78, 5) is 22.9. The molecule has 3 heterocycles. The van der Waals surface area contributed by atoms with E-state index in [1.807, 2.05) is 24.3 Å². The molecule has 7 nitrogen and oxygen atoms in total. The first-order chi connectivity index (χ1) is 15.9. The van der Waals surface area contributed by atoms with Crippen molar-refractivity contribution in [2.45, 2.75) is 4.34 Å². The number of hydrogen-bond acceptors (Lipinski definition) is 6. The number of amides is 1. The molecule has 176 valence electrons. The van der Waals surface area contributed by atoms with Crippen LogP contribution < -0.4 is 0 Å². The summed E-state index contributed by atoms with van der Waals surface area (Å²) in [5.41, 5.74) is 3.17. The van der Waals surface area contributed by atoms with Gasteiger partial charge >= 0.3 is 0 Å². The minimum atomic E-state index is -3.73. The molecule has 2 aromatic carbocycles. The number of nitrogens with zero attached hydrogens (tertiary/aromatic N) is 4. The van der Waals surface area contributed by atoms with E-state index in [1.54, 1.807) is 47.6 Å². The molecule has 2 aromatic heterocycles. The van der Waals surface area contributed by atoms with Gasteiger partial charge in [0.2, 0.25) is 4.34 Å². The first-order valence-corrected chi connectivity index (χ1v) is 12.9. The normalized spacial score (nSPS) is 14.7. The van der Waals surface area contributed by atoms with E-state index in [0.29, 0.717) is 29.2 Å². The first kappa shape index (κ1) is 24.6. The van der Waals surface area contributed by atoms with Gasteiger partial charge < -0.3 is 4.90 Å². The number of carbonyl (C=O) groups is 1. The number of thiazole rings is 1. The van der Waals surface area contributed by atoms with Crippen LogP contribution in [0.5, 0.6) is 0 Å². The lowest BCUT2D eigenvalue weighted by atomic mass is 10.0. The van der Waals surface area contributed by atoms with Crippen molar-refractivity contribution in [3.8, 4) is 11.1 Å². The van der Waals surface area contributed by atoms with Crippen molar-refractivity contribution >= 4 is 61.5 Å². The largest absolute Gasteiger partial charge is 0.336 e. The maximum absolute atomic E-state index is 13.1. The predicted octanol–water partition coefficient (Wildman–Crippen LogP) is 4.58. The van der Waals surface area contributed by atoms with Crippen molar-refractivity contribution in [3.05, 3.63) is 77.6 Å². The molecule has 11 heteroatoms. The second kappa shape index (κ2) is 9.97. The SMILES string of the molecule is Cl.O=C(c1ccc(-c2ccncc2)cc1)N1CCN(S(=O)(=O)c2nc3cc(Cl)ccc3s2)CC1. The van der Waals surface area contributed by atoms with Crippen LogP contribution >= 0.6 is 35.3 Å². The molecule has 0 spiro atoms. The molecule has 0 unspecified atom stereocenters. The standard InChI is InChI=1S/C23H19ClN4O3S2.ClH/c24-19-5-6-21-20(15-19)26-23(32-21)33(30,31)28-13-11-27(12-14-28)22(29)18-3-1-16(2-4-18)17-7-9-25-10-8-17;/h1-10,15H,11-14H2;1H. The average molecular weight is 535 g/mol. The summed E-state index contributed by atoms with van der Waals surface area (Å²) in [6, 6.07) is 16.4. The molecule has 1 amide bonds. The highest BCUT2D eigenvalue weighted by molar-refractivity contribution is 7.91. The molecule has 1 fully saturated rings. The number of piperazine rings is 1. The van der Waals surface area contributed by atoms with Crippen molar-refractivity contribution in [2.75, 3.05) is 26.2 Å². The lowest BCUT2D eigenvalue weighted by Gasteiger charge is -2.33. The Kier molecular flexibility index (Phi) is 7.20. The maximum atomic E-state index is 13.1. The molecule has 0 radical (unpaired) electrons. The first-order valence-electron chi connectivity index (χ1n) is 10.3. The van der Waals surface area contributed by atoms with Crippen LogP contribution in [0.15, 0.2) is 71.3 Å². The molecular weight excluding hydrogens is 515 g/mol. The Hall–Kier alpha value is -2.56. The van der Waals surface area contributed by atoms with Crippen LogP contribution in [0.25, 0.3) is 21.3 Å². The summed E-state index contributed by atoms with van der Waals surface area (Å²) < 4.78 is 28.4. The van der Waals surface area contributed by atoms with Gasteiger partial charge in [0.1, 0.15) is 0 Å². The van der Waals surface area contributed by atoms with E-state index >= 15 is 0 Å². The van der Waals surface area contributed by atoms with Gasteiger partial charge in [-0.15, -0.1) is 23.7 Å². The summed E-state index contributed by atoms with van der Waals surface area (Å²) in [6.45, 7) is 1.08. The number of aromatic nitrogens is 2.